The minimum atomic E-state index is -0.100. The fourth-order valence-corrected chi connectivity index (χ4v) is 3.16. The molecule has 1 aliphatic rings. The first-order valence-corrected chi connectivity index (χ1v) is 8.23. The Balaban J connectivity index is 1.62. The van der Waals surface area contributed by atoms with Crippen LogP contribution in [0.1, 0.15) is 18.4 Å². The smallest absolute Gasteiger partial charge is 0.227 e. The number of carbonyl (C=O) groups is 1. The van der Waals surface area contributed by atoms with Crippen molar-refractivity contribution in [1.29, 1.82) is 0 Å². The van der Waals surface area contributed by atoms with Crippen LogP contribution in [0.2, 0.25) is 5.02 Å². The van der Waals surface area contributed by atoms with E-state index in [-0.39, 0.29) is 17.6 Å². The number of rotatable bonds is 3. The summed E-state index contributed by atoms with van der Waals surface area (Å²) in [6.07, 6.45) is 6.49. The van der Waals surface area contributed by atoms with Gasteiger partial charge in [-0.3, -0.25) is 9.78 Å². The monoisotopic (exact) mass is 346 g/mol. The van der Waals surface area contributed by atoms with Crippen LogP contribution in [0.5, 0.6) is 5.75 Å². The molecule has 2 aromatic rings. The lowest BCUT2D eigenvalue weighted by Crippen LogP contribution is -2.38. The van der Waals surface area contributed by atoms with Crippen molar-refractivity contribution in [3.63, 3.8) is 0 Å². The highest BCUT2D eigenvalue weighted by atomic mass is 35.5. The zero-order chi connectivity index (χ0) is 17.1. The van der Waals surface area contributed by atoms with E-state index in [1.807, 2.05) is 0 Å². The lowest BCUT2D eigenvalue weighted by molar-refractivity contribution is -0.120. The molecule has 0 atom stereocenters. The van der Waals surface area contributed by atoms with Crippen molar-refractivity contribution in [2.45, 2.75) is 19.8 Å². The van der Waals surface area contributed by atoms with Crippen molar-refractivity contribution in [3.05, 3.63) is 41.3 Å². The Morgan fingerprint density at radius 2 is 2.08 bits per heavy atom. The van der Waals surface area contributed by atoms with Crippen molar-refractivity contribution in [1.82, 2.24) is 9.97 Å². The van der Waals surface area contributed by atoms with Crippen LogP contribution < -0.4 is 10.2 Å². The highest BCUT2D eigenvalue weighted by Crippen LogP contribution is 2.32. The maximum atomic E-state index is 12.5. The lowest BCUT2D eigenvalue weighted by atomic mass is 9.95. The number of piperidine rings is 1. The average Bonchev–Trinajstić information content (AvgIpc) is 2.60. The second-order valence-electron chi connectivity index (χ2n) is 5.93. The van der Waals surface area contributed by atoms with Gasteiger partial charge in [0.05, 0.1) is 11.9 Å². The normalized spacial score (nSPS) is 15.3. The average molecular weight is 347 g/mol. The van der Waals surface area contributed by atoms with Gasteiger partial charge in [0.25, 0.3) is 0 Å². The van der Waals surface area contributed by atoms with E-state index < -0.39 is 0 Å². The molecule has 0 radical (unpaired) electrons. The third-order valence-electron chi connectivity index (χ3n) is 4.26. The number of amides is 1. The molecular formula is C17H19ClN4O2. The van der Waals surface area contributed by atoms with E-state index in [4.69, 9.17) is 11.6 Å². The SMILES string of the molecule is Cc1cc(Cl)cc(NC(=O)C2CCN(c3cnccn3)CC2)c1O. The summed E-state index contributed by atoms with van der Waals surface area (Å²) in [6.45, 7) is 3.24. The van der Waals surface area contributed by atoms with Crippen LogP contribution in [0.15, 0.2) is 30.7 Å². The molecule has 0 unspecified atom stereocenters. The molecule has 0 saturated carbocycles. The van der Waals surface area contributed by atoms with Gasteiger partial charge in [0.2, 0.25) is 5.91 Å². The molecular weight excluding hydrogens is 328 g/mol. The largest absolute Gasteiger partial charge is 0.505 e. The molecule has 126 valence electrons. The van der Waals surface area contributed by atoms with Crippen molar-refractivity contribution < 1.29 is 9.90 Å². The van der Waals surface area contributed by atoms with Crippen molar-refractivity contribution in [2.24, 2.45) is 5.92 Å². The third-order valence-corrected chi connectivity index (χ3v) is 4.48. The molecule has 6 nitrogen and oxygen atoms in total. The van der Waals surface area contributed by atoms with Gasteiger partial charge in [-0.1, -0.05) is 11.6 Å². The van der Waals surface area contributed by atoms with Gasteiger partial charge in [-0.05, 0) is 37.5 Å². The quantitative estimate of drug-likeness (QED) is 0.835. The summed E-state index contributed by atoms with van der Waals surface area (Å²) in [6, 6.07) is 3.22. The Morgan fingerprint density at radius 1 is 1.33 bits per heavy atom. The Bertz CT molecular complexity index is 731. The summed E-state index contributed by atoms with van der Waals surface area (Å²) in [7, 11) is 0. The molecule has 0 aliphatic carbocycles. The number of anilines is 2. The number of carbonyl (C=O) groups excluding carboxylic acids is 1. The molecule has 1 aromatic heterocycles. The van der Waals surface area contributed by atoms with Crippen LogP contribution in [0.3, 0.4) is 0 Å². The third kappa shape index (κ3) is 3.59. The van der Waals surface area contributed by atoms with Crippen LogP contribution in [0.4, 0.5) is 11.5 Å². The number of phenolic OH excluding ortho intramolecular Hbond substituents is 1. The van der Waals surface area contributed by atoms with Gasteiger partial charge in [-0.2, -0.15) is 0 Å². The minimum absolute atomic E-state index is 0.0599. The number of aryl methyl sites for hydroxylation is 1. The van der Waals surface area contributed by atoms with Crippen LogP contribution in [-0.2, 0) is 4.79 Å². The van der Waals surface area contributed by atoms with Crippen LogP contribution >= 0.6 is 11.6 Å². The molecule has 2 heterocycles. The molecule has 1 aromatic carbocycles. The number of nitrogens with one attached hydrogen (secondary N) is 1. The number of hydrogen-bond acceptors (Lipinski definition) is 5. The standard InChI is InChI=1S/C17H19ClN4O2/c1-11-8-13(18)9-14(16(11)23)21-17(24)12-2-6-22(7-3-12)15-10-19-4-5-20-15/h4-5,8-10,12,23H,2-3,6-7H2,1H3,(H,21,24). The molecule has 1 amide bonds. The van der Waals surface area contributed by atoms with E-state index >= 15 is 0 Å². The van der Waals surface area contributed by atoms with Crippen molar-refractivity contribution in [3.8, 4) is 5.75 Å². The fraction of sp³-hybridized carbons (Fsp3) is 0.353. The molecule has 0 spiro atoms. The molecule has 1 fully saturated rings. The summed E-state index contributed by atoms with van der Waals surface area (Å²) in [4.78, 5) is 23.0. The molecule has 7 heteroatoms. The van der Waals surface area contributed by atoms with E-state index in [1.165, 1.54) is 0 Å². The summed E-state index contributed by atoms with van der Waals surface area (Å²) in [5.41, 5.74) is 0.997. The molecule has 2 N–H and O–H groups in total. The Hall–Kier alpha value is -2.34. The maximum Gasteiger partial charge on any atom is 0.227 e. The van der Waals surface area contributed by atoms with Crippen molar-refractivity contribution >= 4 is 29.0 Å². The maximum absolute atomic E-state index is 12.5. The first-order chi connectivity index (χ1) is 11.5. The van der Waals surface area contributed by atoms with Gasteiger partial charge in [-0.25, -0.2) is 4.98 Å². The first-order valence-electron chi connectivity index (χ1n) is 7.85. The molecule has 3 rings (SSSR count). The number of aromatic nitrogens is 2. The number of aromatic hydroxyl groups is 1. The number of hydrogen-bond donors (Lipinski definition) is 2. The van der Waals surface area contributed by atoms with Gasteiger partial charge in [0.15, 0.2) is 0 Å². The summed E-state index contributed by atoms with van der Waals surface area (Å²) < 4.78 is 0. The van der Waals surface area contributed by atoms with Gasteiger partial charge in [0.1, 0.15) is 11.6 Å². The van der Waals surface area contributed by atoms with Crippen LogP contribution in [0.25, 0.3) is 0 Å². The predicted octanol–water partition coefficient (Wildman–Crippen LogP) is 3.00. The van der Waals surface area contributed by atoms with Gasteiger partial charge < -0.3 is 15.3 Å². The zero-order valence-corrected chi connectivity index (χ0v) is 14.1. The Morgan fingerprint density at radius 3 is 2.75 bits per heavy atom. The van der Waals surface area contributed by atoms with E-state index in [9.17, 15) is 9.90 Å². The lowest BCUT2D eigenvalue weighted by Gasteiger charge is -2.31. The fourth-order valence-electron chi connectivity index (χ4n) is 2.89. The number of nitrogens with zero attached hydrogens (tertiary/aromatic N) is 3. The predicted molar refractivity (Wildman–Crippen MR) is 93.5 cm³/mol. The van der Waals surface area contributed by atoms with E-state index in [2.05, 4.69) is 20.2 Å². The van der Waals surface area contributed by atoms with Gasteiger partial charge >= 0.3 is 0 Å². The van der Waals surface area contributed by atoms with Gasteiger partial charge in [-0.15, -0.1) is 0 Å². The summed E-state index contributed by atoms with van der Waals surface area (Å²) in [5, 5.41) is 13.3. The molecule has 24 heavy (non-hydrogen) atoms. The second kappa shape index (κ2) is 7.05. The first kappa shape index (κ1) is 16.5. The van der Waals surface area contributed by atoms with E-state index in [0.29, 0.717) is 16.3 Å². The topological polar surface area (TPSA) is 78.4 Å². The number of phenols is 1. The van der Waals surface area contributed by atoms with Crippen LogP contribution in [-0.4, -0.2) is 34.1 Å². The summed E-state index contributed by atoms with van der Waals surface area (Å²) >= 11 is 6.00. The zero-order valence-electron chi connectivity index (χ0n) is 13.4. The van der Waals surface area contributed by atoms with Gasteiger partial charge in [0, 0.05) is 36.4 Å². The number of halogens is 1. The highest BCUT2D eigenvalue weighted by molar-refractivity contribution is 6.31. The van der Waals surface area contributed by atoms with Crippen LogP contribution in [0, 0.1) is 12.8 Å². The molecule has 0 bridgehead atoms. The Labute approximate surface area is 145 Å². The van der Waals surface area contributed by atoms with Crippen molar-refractivity contribution in [2.75, 3.05) is 23.3 Å². The Kier molecular flexibility index (Phi) is 4.85. The number of benzene rings is 1. The highest BCUT2D eigenvalue weighted by Gasteiger charge is 2.26. The minimum Gasteiger partial charge on any atom is -0.505 e. The summed E-state index contributed by atoms with van der Waals surface area (Å²) in [5.74, 6) is 0.701. The second-order valence-corrected chi connectivity index (χ2v) is 6.37. The van der Waals surface area contributed by atoms with E-state index in [0.717, 1.165) is 31.7 Å². The molecule has 1 aliphatic heterocycles. The van der Waals surface area contributed by atoms with E-state index in [1.54, 1.807) is 37.6 Å². The molecule has 1 saturated heterocycles.